The Balaban J connectivity index is 2.86. The van der Waals surface area contributed by atoms with Crippen LogP contribution in [0.25, 0.3) is 0 Å². The van der Waals surface area contributed by atoms with Crippen LogP contribution in [0, 0.1) is 13.8 Å². The van der Waals surface area contributed by atoms with E-state index in [4.69, 9.17) is 0 Å². The molecule has 0 aliphatic heterocycles. The second-order valence-electron chi connectivity index (χ2n) is 4.65. The molecule has 17 heavy (non-hydrogen) atoms. The summed E-state index contributed by atoms with van der Waals surface area (Å²) < 4.78 is 1.74. The number of aryl methyl sites for hydroxylation is 2. The van der Waals surface area contributed by atoms with Gasteiger partial charge in [0.2, 0.25) is 0 Å². The molecule has 0 aliphatic rings. The molecular weight excluding hydrogens is 218 g/mol. The van der Waals surface area contributed by atoms with Crippen LogP contribution < -0.4 is 5.32 Å². The lowest BCUT2D eigenvalue weighted by Gasteiger charge is -2.26. The van der Waals surface area contributed by atoms with Gasteiger partial charge in [-0.15, -0.1) is 0 Å². The third kappa shape index (κ3) is 3.30. The van der Waals surface area contributed by atoms with Crippen molar-refractivity contribution < 1.29 is 9.90 Å². The van der Waals surface area contributed by atoms with Gasteiger partial charge in [0.05, 0.1) is 12.2 Å². The van der Waals surface area contributed by atoms with Gasteiger partial charge in [-0.25, -0.2) is 0 Å². The van der Waals surface area contributed by atoms with Crippen LogP contribution in [-0.2, 0) is 11.3 Å². The van der Waals surface area contributed by atoms with Crippen molar-refractivity contribution in [1.82, 2.24) is 15.1 Å². The van der Waals surface area contributed by atoms with Crippen molar-refractivity contribution in [3.05, 3.63) is 17.5 Å². The van der Waals surface area contributed by atoms with E-state index >= 15 is 0 Å². The van der Waals surface area contributed by atoms with Crippen molar-refractivity contribution in [3.8, 4) is 0 Å². The molecule has 0 aliphatic carbocycles. The van der Waals surface area contributed by atoms with Crippen molar-refractivity contribution in [2.45, 2.75) is 46.2 Å². The van der Waals surface area contributed by atoms with E-state index in [1.807, 2.05) is 26.8 Å². The lowest BCUT2D eigenvalue weighted by molar-refractivity contribution is -0.144. The van der Waals surface area contributed by atoms with E-state index in [0.717, 1.165) is 17.8 Å². The van der Waals surface area contributed by atoms with Gasteiger partial charge in [0.1, 0.15) is 5.54 Å². The largest absolute Gasteiger partial charge is 0.480 e. The summed E-state index contributed by atoms with van der Waals surface area (Å²) in [5.74, 6) is -0.849. The van der Waals surface area contributed by atoms with Gasteiger partial charge in [-0.05, 0) is 39.8 Å². The van der Waals surface area contributed by atoms with Crippen LogP contribution in [0.5, 0.6) is 0 Å². The van der Waals surface area contributed by atoms with E-state index in [0.29, 0.717) is 13.1 Å². The van der Waals surface area contributed by atoms with E-state index in [9.17, 15) is 9.90 Å². The molecule has 0 fully saturated rings. The van der Waals surface area contributed by atoms with E-state index in [-0.39, 0.29) is 0 Å². The fourth-order valence-electron chi connectivity index (χ4n) is 1.73. The molecule has 1 rings (SSSR count). The van der Waals surface area contributed by atoms with E-state index < -0.39 is 11.5 Å². The molecule has 0 aromatic carbocycles. The zero-order valence-corrected chi connectivity index (χ0v) is 10.9. The van der Waals surface area contributed by atoms with Gasteiger partial charge < -0.3 is 10.4 Å². The normalized spacial score (nSPS) is 14.6. The number of nitrogens with one attached hydrogen (secondary N) is 1. The molecule has 0 saturated carbocycles. The molecule has 0 amide bonds. The highest BCUT2D eigenvalue weighted by atomic mass is 16.4. The Bertz CT molecular complexity index is 400. The Morgan fingerprint density at radius 2 is 2.24 bits per heavy atom. The van der Waals surface area contributed by atoms with Gasteiger partial charge in [0, 0.05) is 5.69 Å². The highest BCUT2D eigenvalue weighted by molar-refractivity contribution is 5.78. The molecule has 1 aromatic rings. The highest BCUT2D eigenvalue weighted by Gasteiger charge is 2.33. The average molecular weight is 239 g/mol. The lowest BCUT2D eigenvalue weighted by atomic mass is 10.0. The molecule has 96 valence electrons. The number of hydrogen-bond donors (Lipinski definition) is 2. The predicted octanol–water partition coefficient (Wildman–Crippen LogP) is 1.34. The maximum atomic E-state index is 11.3. The number of carboxylic acids is 1. The number of hydrogen-bond acceptors (Lipinski definition) is 3. The molecule has 1 unspecified atom stereocenters. The maximum Gasteiger partial charge on any atom is 0.325 e. The number of aliphatic carboxylic acids is 1. The SMILES string of the molecule is CCCNC(C)(Cn1nc(C)cc1C)C(=O)O. The lowest BCUT2D eigenvalue weighted by Crippen LogP contribution is -2.53. The van der Waals surface area contributed by atoms with Gasteiger partial charge in [-0.1, -0.05) is 6.92 Å². The van der Waals surface area contributed by atoms with Crippen LogP contribution in [0.3, 0.4) is 0 Å². The molecule has 1 aromatic heterocycles. The Labute approximate surface area is 102 Å². The van der Waals surface area contributed by atoms with Gasteiger partial charge in [-0.2, -0.15) is 5.10 Å². The minimum Gasteiger partial charge on any atom is -0.480 e. The minimum absolute atomic E-state index is 0.335. The molecule has 0 saturated heterocycles. The first-order chi connectivity index (χ1) is 7.89. The predicted molar refractivity (Wildman–Crippen MR) is 66.0 cm³/mol. The summed E-state index contributed by atoms with van der Waals surface area (Å²) in [5.41, 5.74) is 0.915. The Hall–Kier alpha value is -1.36. The first-order valence-electron chi connectivity index (χ1n) is 5.88. The number of rotatable bonds is 6. The van der Waals surface area contributed by atoms with E-state index in [1.54, 1.807) is 11.6 Å². The fraction of sp³-hybridized carbons (Fsp3) is 0.667. The maximum absolute atomic E-state index is 11.3. The number of aromatic nitrogens is 2. The number of carbonyl (C=O) groups is 1. The quantitative estimate of drug-likeness (QED) is 0.786. The zero-order chi connectivity index (χ0) is 13.1. The monoisotopic (exact) mass is 239 g/mol. The summed E-state index contributed by atoms with van der Waals surface area (Å²) in [4.78, 5) is 11.3. The molecule has 2 N–H and O–H groups in total. The number of nitrogens with zero attached hydrogens (tertiary/aromatic N) is 2. The summed E-state index contributed by atoms with van der Waals surface area (Å²) in [6, 6.07) is 1.95. The van der Waals surface area contributed by atoms with Crippen LogP contribution in [0.2, 0.25) is 0 Å². The smallest absolute Gasteiger partial charge is 0.325 e. The second kappa shape index (κ2) is 5.31. The Morgan fingerprint density at radius 1 is 1.59 bits per heavy atom. The highest BCUT2D eigenvalue weighted by Crippen LogP contribution is 2.11. The third-order valence-corrected chi connectivity index (χ3v) is 2.81. The average Bonchev–Trinajstić information content (AvgIpc) is 2.54. The Kier molecular flexibility index (Phi) is 4.28. The van der Waals surface area contributed by atoms with Crippen LogP contribution in [0.1, 0.15) is 31.7 Å². The summed E-state index contributed by atoms with van der Waals surface area (Å²) in [7, 11) is 0. The van der Waals surface area contributed by atoms with E-state index in [1.165, 1.54) is 0 Å². The molecule has 1 heterocycles. The van der Waals surface area contributed by atoms with Gasteiger partial charge in [0.15, 0.2) is 0 Å². The van der Waals surface area contributed by atoms with Crippen molar-refractivity contribution in [3.63, 3.8) is 0 Å². The molecule has 0 spiro atoms. The summed E-state index contributed by atoms with van der Waals surface area (Å²) >= 11 is 0. The first-order valence-corrected chi connectivity index (χ1v) is 5.88. The second-order valence-corrected chi connectivity index (χ2v) is 4.65. The summed E-state index contributed by atoms with van der Waals surface area (Å²) in [5, 5.41) is 16.7. The van der Waals surface area contributed by atoms with E-state index in [2.05, 4.69) is 10.4 Å². The molecule has 1 atom stereocenters. The van der Waals surface area contributed by atoms with Crippen LogP contribution in [-0.4, -0.2) is 32.9 Å². The molecule has 5 nitrogen and oxygen atoms in total. The molecule has 0 bridgehead atoms. The summed E-state index contributed by atoms with van der Waals surface area (Å²) in [6.07, 6.45) is 0.903. The van der Waals surface area contributed by atoms with Crippen LogP contribution in [0.15, 0.2) is 6.07 Å². The van der Waals surface area contributed by atoms with Gasteiger partial charge >= 0.3 is 5.97 Å². The van der Waals surface area contributed by atoms with Gasteiger partial charge in [-0.3, -0.25) is 9.48 Å². The Morgan fingerprint density at radius 3 is 2.65 bits per heavy atom. The van der Waals surface area contributed by atoms with Crippen LogP contribution in [0.4, 0.5) is 0 Å². The topological polar surface area (TPSA) is 67.2 Å². The molecule has 5 heteroatoms. The van der Waals surface area contributed by atoms with Crippen molar-refractivity contribution in [2.75, 3.05) is 6.54 Å². The van der Waals surface area contributed by atoms with Crippen molar-refractivity contribution in [2.24, 2.45) is 0 Å². The standard InChI is InChI=1S/C12H21N3O2/c1-5-6-13-12(4,11(16)17)8-15-10(3)7-9(2)14-15/h7,13H,5-6,8H2,1-4H3,(H,16,17). The van der Waals surface area contributed by atoms with Crippen LogP contribution >= 0.6 is 0 Å². The fourth-order valence-corrected chi connectivity index (χ4v) is 1.73. The zero-order valence-electron chi connectivity index (χ0n) is 10.9. The van der Waals surface area contributed by atoms with Crippen molar-refractivity contribution in [1.29, 1.82) is 0 Å². The minimum atomic E-state index is -0.973. The first kappa shape index (κ1) is 13.7. The van der Waals surface area contributed by atoms with Gasteiger partial charge in [0.25, 0.3) is 0 Å². The number of carboxylic acid groups (broad SMARTS) is 1. The molecular formula is C12H21N3O2. The summed E-state index contributed by atoms with van der Waals surface area (Å²) in [6.45, 7) is 8.56. The third-order valence-electron chi connectivity index (χ3n) is 2.81. The molecule has 0 radical (unpaired) electrons. The van der Waals surface area contributed by atoms with Crippen molar-refractivity contribution >= 4 is 5.97 Å².